The van der Waals surface area contributed by atoms with Gasteiger partial charge in [0.2, 0.25) is 0 Å². The standard InChI is InChI=1S/C12H14N4/c1-16-12(14-8-15-16)11-6-9-4-2-3-5-10(9)7-13-11/h2-5,8,11,13H,6-7H2,1H3. The van der Waals surface area contributed by atoms with Gasteiger partial charge in [-0.1, -0.05) is 24.3 Å². The molecule has 0 radical (unpaired) electrons. The number of nitrogens with zero attached hydrogens (tertiary/aromatic N) is 3. The van der Waals surface area contributed by atoms with Crippen LogP contribution in [0, 0.1) is 0 Å². The molecule has 2 aromatic rings. The SMILES string of the molecule is Cn1ncnc1C1Cc2ccccc2CN1. The lowest BCUT2D eigenvalue weighted by atomic mass is 9.95. The molecule has 82 valence electrons. The number of nitrogens with one attached hydrogen (secondary N) is 1. The summed E-state index contributed by atoms with van der Waals surface area (Å²) in [5.41, 5.74) is 2.80. The third-order valence-corrected chi connectivity index (χ3v) is 3.14. The number of fused-ring (bicyclic) bond motifs is 1. The fraction of sp³-hybridized carbons (Fsp3) is 0.333. The second kappa shape index (κ2) is 3.72. The summed E-state index contributed by atoms with van der Waals surface area (Å²) < 4.78 is 1.84. The summed E-state index contributed by atoms with van der Waals surface area (Å²) in [7, 11) is 1.94. The van der Waals surface area contributed by atoms with Gasteiger partial charge in [-0.05, 0) is 17.5 Å². The molecule has 0 bridgehead atoms. The van der Waals surface area contributed by atoms with Crippen molar-refractivity contribution in [1.29, 1.82) is 0 Å². The largest absolute Gasteiger partial charge is 0.303 e. The van der Waals surface area contributed by atoms with E-state index in [0.717, 1.165) is 18.8 Å². The molecule has 1 aliphatic heterocycles. The van der Waals surface area contributed by atoms with E-state index in [4.69, 9.17) is 0 Å². The number of benzene rings is 1. The fourth-order valence-electron chi connectivity index (χ4n) is 2.26. The van der Waals surface area contributed by atoms with E-state index >= 15 is 0 Å². The molecule has 0 saturated carbocycles. The van der Waals surface area contributed by atoms with Gasteiger partial charge in [-0.15, -0.1) is 0 Å². The minimum absolute atomic E-state index is 0.280. The highest BCUT2D eigenvalue weighted by Crippen LogP contribution is 2.23. The summed E-state index contributed by atoms with van der Waals surface area (Å²) in [6, 6.07) is 8.83. The molecular formula is C12H14N4. The lowest BCUT2D eigenvalue weighted by Crippen LogP contribution is -2.30. The van der Waals surface area contributed by atoms with Crippen LogP contribution in [0.15, 0.2) is 30.6 Å². The van der Waals surface area contributed by atoms with Gasteiger partial charge in [0.15, 0.2) is 0 Å². The first-order valence-electron chi connectivity index (χ1n) is 5.48. The van der Waals surface area contributed by atoms with Crippen molar-refractivity contribution in [2.24, 2.45) is 7.05 Å². The molecule has 0 spiro atoms. The Labute approximate surface area is 94.3 Å². The number of rotatable bonds is 1. The van der Waals surface area contributed by atoms with Crippen LogP contribution in [-0.4, -0.2) is 14.8 Å². The summed E-state index contributed by atoms with van der Waals surface area (Å²) in [6.07, 6.45) is 2.60. The lowest BCUT2D eigenvalue weighted by Gasteiger charge is -2.25. The maximum absolute atomic E-state index is 4.30. The van der Waals surface area contributed by atoms with Gasteiger partial charge in [-0.2, -0.15) is 5.10 Å². The van der Waals surface area contributed by atoms with Gasteiger partial charge in [0.05, 0.1) is 6.04 Å². The Kier molecular flexibility index (Phi) is 2.22. The second-order valence-corrected chi connectivity index (χ2v) is 4.15. The Balaban J connectivity index is 1.91. The maximum Gasteiger partial charge on any atom is 0.144 e. The molecule has 3 rings (SSSR count). The molecule has 16 heavy (non-hydrogen) atoms. The van der Waals surface area contributed by atoms with Crippen molar-refractivity contribution < 1.29 is 0 Å². The molecule has 4 heteroatoms. The first-order valence-corrected chi connectivity index (χ1v) is 5.48. The molecule has 1 aromatic carbocycles. The molecule has 1 aliphatic rings. The molecule has 2 heterocycles. The highest BCUT2D eigenvalue weighted by atomic mass is 15.3. The van der Waals surface area contributed by atoms with Crippen molar-refractivity contribution >= 4 is 0 Å². The van der Waals surface area contributed by atoms with Gasteiger partial charge < -0.3 is 5.32 Å². The molecule has 0 saturated heterocycles. The monoisotopic (exact) mass is 214 g/mol. The molecule has 1 aromatic heterocycles. The van der Waals surface area contributed by atoms with Gasteiger partial charge >= 0.3 is 0 Å². The van der Waals surface area contributed by atoms with Crippen LogP contribution >= 0.6 is 0 Å². The first-order chi connectivity index (χ1) is 7.84. The van der Waals surface area contributed by atoms with Crippen LogP contribution in [0.25, 0.3) is 0 Å². The van der Waals surface area contributed by atoms with Crippen molar-refractivity contribution in [2.45, 2.75) is 19.0 Å². The van der Waals surface area contributed by atoms with E-state index in [2.05, 4.69) is 39.7 Å². The van der Waals surface area contributed by atoms with E-state index in [9.17, 15) is 0 Å². The third-order valence-electron chi connectivity index (χ3n) is 3.14. The van der Waals surface area contributed by atoms with Crippen LogP contribution < -0.4 is 5.32 Å². The predicted octanol–water partition coefficient (Wildman–Crippen LogP) is 1.20. The molecule has 1 unspecified atom stereocenters. The van der Waals surface area contributed by atoms with Crippen molar-refractivity contribution in [3.8, 4) is 0 Å². The maximum atomic E-state index is 4.30. The highest BCUT2D eigenvalue weighted by molar-refractivity contribution is 5.30. The Morgan fingerprint density at radius 3 is 2.88 bits per heavy atom. The van der Waals surface area contributed by atoms with Crippen LogP contribution in [0.2, 0.25) is 0 Å². The van der Waals surface area contributed by atoms with Gasteiger partial charge in [0, 0.05) is 13.6 Å². The van der Waals surface area contributed by atoms with E-state index in [1.165, 1.54) is 11.1 Å². The number of hydrogen-bond acceptors (Lipinski definition) is 3. The van der Waals surface area contributed by atoms with Crippen LogP contribution in [0.3, 0.4) is 0 Å². The Morgan fingerprint density at radius 2 is 2.12 bits per heavy atom. The highest BCUT2D eigenvalue weighted by Gasteiger charge is 2.22. The predicted molar refractivity (Wildman–Crippen MR) is 60.7 cm³/mol. The number of aryl methyl sites for hydroxylation is 1. The zero-order valence-electron chi connectivity index (χ0n) is 9.22. The van der Waals surface area contributed by atoms with E-state index in [-0.39, 0.29) is 6.04 Å². The molecule has 0 fully saturated rings. The van der Waals surface area contributed by atoms with Crippen molar-refractivity contribution in [1.82, 2.24) is 20.1 Å². The second-order valence-electron chi connectivity index (χ2n) is 4.15. The molecule has 4 nitrogen and oxygen atoms in total. The Hall–Kier alpha value is -1.68. The van der Waals surface area contributed by atoms with Crippen molar-refractivity contribution in [2.75, 3.05) is 0 Å². The molecule has 1 atom stereocenters. The summed E-state index contributed by atoms with van der Waals surface area (Å²) in [5, 5.41) is 7.61. The van der Waals surface area contributed by atoms with Crippen LogP contribution in [0.5, 0.6) is 0 Å². The lowest BCUT2D eigenvalue weighted by molar-refractivity contribution is 0.457. The van der Waals surface area contributed by atoms with Crippen LogP contribution in [0.1, 0.15) is 23.0 Å². The first kappa shape index (κ1) is 9.54. The fourth-order valence-corrected chi connectivity index (χ4v) is 2.26. The molecular weight excluding hydrogens is 200 g/mol. The Bertz CT molecular complexity index is 503. The summed E-state index contributed by atoms with van der Waals surface area (Å²) in [5.74, 6) is 1.01. The topological polar surface area (TPSA) is 42.7 Å². The van der Waals surface area contributed by atoms with Crippen molar-refractivity contribution in [3.63, 3.8) is 0 Å². The number of aromatic nitrogens is 3. The van der Waals surface area contributed by atoms with E-state index in [0.29, 0.717) is 0 Å². The molecule has 0 aliphatic carbocycles. The normalized spacial score (nSPS) is 19.4. The number of hydrogen-bond donors (Lipinski definition) is 1. The minimum atomic E-state index is 0.280. The molecule has 0 amide bonds. The van der Waals surface area contributed by atoms with Gasteiger partial charge in [0.1, 0.15) is 12.2 Å². The third kappa shape index (κ3) is 1.51. The van der Waals surface area contributed by atoms with E-state index in [1.54, 1.807) is 6.33 Å². The summed E-state index contributed by atoms with van der Waals surface area (Å²) in [4.78, 5) is 4.30. The minimum Gasteiger partial charge on any atom is -0.303 e. The van der Waals surface area contributed by atoms with Gasteiger partial charge in [-0.25, -0.2) is 4.98 Å². The summed E-state index contributed by atoms with van der Waals surface area (Å²) in [6.45, 7) is 0.910. The van der Waals surface area contributed by atoms with Gasteiger partial charge in [-0.3, -0.25) is 4.68 Å². The molecule has 1 N–H and O–H groups in total. The Morgan fingerprint density at radius 1 is 1.31 bits per heavy atom. The van der Waals surface area contributed by atoms with E-state index < -0.39 is 0 Å². The van der Waals surface area contributed by atoms with Crippen molar-refractivity contribution in [3.05, 3.63) is 47.5 Å². The average Bonchev–Trinajstić information content (AvgIpc) is 2.75. The van der Waals surface area contributed by atoms with Gasteiger partial charge in [0.25, 0.3) is 0 Å². The smallest absolute Gasteiger partial charge is 0.144 e. The zero-order chi connectivity index (χ0) is 11.0. The summed E-state index contributed by atoms with van der Waals surface area (Å²) >= 11 is 0. The average molecular weight is 214 g/mol. The van der Waals surface area contributed by atoms with Crippen LogP contribution in [-0.2, 0) is 20.0 Å². The van der Waals surface area contributed by atoms with Crippen LogP contribution in [0.4, 0.5) is 0 Å². The van der Waals surface area contributed by atoms with E-state index in [1.807, 2.05) is 11.7 Å². The zero-order valence-corrected chi connectivity index (χ0v) is 9.22. The quantitative estimate of drug-likeness (QED) is 0.775.